The normalized spacial score (nSPS) is 16.5. The summed E-state index contributed by atoms with van der Waals surface area (Å²) < 4.78 is 0. The predicted octanol–water partition coefficient (Wildman–Crippen LogP) is 2.80. The standard InChI is InChI=1S/C13H17NO/c1-11-5-6-12(10-15)13(9-11)14-7-3-2-4-8-14/h5-6,9-10H,2-4,7-8H2,1H3. The van der Waals surface area contributed by atoms with Crippen LogP contribution in [0, 0.1) is 6.92 Å². The van der Waals surface area contributed by atoms with Crippen molar-refractivity contribution in [3.8, 4) is 0 Å². The van der Waals surface area contributed by atoms with E-state index in [4.69, 9.17) is 0 Å². The first-order valence-electron chi connectivity index (χ1n) is 5.62. The number of hydrogen-bond donors (Lipinski definition) is 0. The number of nitrogens with zero attached hydrogens (tertiary/aromatic N) is 1. The quantitative estimate of drug-likeness (QED) is 0.689. The molecular weight excluding hydrogens is 186 g/mol. The summed E-state index contributed by atoms with van der Waals surface area (Å²) in [5.41, 5.74) is 3.16. The molecule has 15 heavy (non-hydrogen) atoms. The van der Waals surface area contributed by atoms with E-state index < -0.39 is 0 Å². The highest BCUT2D eigenvalue weighted by Crippen LogP contribution is 2.24. The second-order valence-electron chi connectivity index (χ2n) is 4.23. The first-order chi connectivity index (χ1) is 7.31. The van der Waals surface area contributed by atoms with Crippen LogP contribution in [0.15, 0.2) is 18.2 Å². The van der Waals surface area contributed by atoms with Crippen molar-refractivity contribution in [1.29, 1.82) is 0 Å². The third-order valence-electron chi connectivity index (χ3n) is 3.01. The number of anilines is 1. The van der Waals surface area contributed by atoms with Gasteiger partial charge in [-0.05, 0) is 43.9 Å². The van der Waals surface area contributed by atoms with Crippen LogP contribution in [0.4, 0.5) is 5.69 Å². The Balaban J connectivity index is 2.31. The van der Waals surface area contributed by atoms with E-state index >= 15 is 0 Å². The van der Waals surface area contributed by atoms with Crippen LogP contribution >= 0.6 is 0 Å². The lowest BCUT2D eigenvalue weighted by atomic mass is 10.1. The van der Waals surface area contributed by atoms with Gasteiger partial charge in [0.15, 0.2) is 6.29 Å². The van der Waals surface area contributed by atoms with Crippen molar-refractivity contribution in [2.45, 2.75) is 26.2 Å². The number of aldehydes is 1. The lowest BCUT2D eigenvalue weighted by Crippen LogP contribution is -2.30. The Morgan fingerprint density at radius 1 is 1.20 bits per heavy atom. The number of benzene rings is 1. The highest BCUT2D eigenvalue weighted by atomic mass is 16.1. The minimum atomic E-state index is 0.822. The largest absolute Gasteiger partial charge is 0.371 e. The van der Waals surface area contributed by atoms with Gasteiger partial charge in [0, 0.05) is 24.3 Å². The summed E-state index contributed by atoms with van der Waals surface area (Å²) in [4.78, 5) is 13.3. The fourth-order valence-electron chi connectivity index (χ4n) is 2.16. The van der Waals surface area contributed by atoms with Gasteiger partial charge < -0.3 is 4.90 Å². The first kappa shape index (κ1) is 10.2. The van der Waals surface area contributed by atoms with Gasteiger partial charge in [-0.15, -0.1) is 0 Å². The number of piperidine rings is 1. The van der Waals surface area contributed by atoms with Crippen molar-refractivity contribution >= 4 is 12.0 Å². The maximum absolute atomic E-state index is 11.0. The van der Waals surface area contributed by atoms with Crippen molar-refractivity contribution < 1.29 is 4.79 Å². The van der Waals surface area contributed by atoms with Crippen molar-refractivity contribution in [2.24, 2.45) is 0 Å². The summed E-state index contributed by atoms with van der Waals surface area (Å²) in [7, 11) is 0. The van der Waals surface area contributed by atoms with Crippen LogP contribution in [0.3, 0.4) is 0 Å². The van der Waals surface area contributed by atoms with Gasteiger partial charge in [0.1, 0.15) is 0 Å². The SMILES string of the molecule is Cc1ccc(C=O)c(N2CCCCC2)c1. The zero-order chi connectivity index (χ0) is 10.7. The highest BCUT2D eigenvalue weighted by Gasteiger charge is 2.13. The van der Waals surface area contributed by atoms with E-state index in [0.29, 0.717) is 0 Å². The number of carbonyl (C=O) groups is 1. The number of rotatable bonds is 2. The summed E-state index contributed by atoms with van der Waals surface area (Å²) in [6, 6.07) is 6.04. The monoisotopic (exact) mass is 203 g/mol. The van der Waals surface area contributed by atoms with Gasteiger partial charge in [-0.2, -0.15) is 0 Å². The maximum Gasteiger partial charge on any atom is 0.152 e. The zero-order valence-corrected chi connectivity index (χ0v) is 9.20. The zero-order valence-electron chi connectivity index (χ0n) is 9.20. The molecule has 1 aliphatic rings. The van der Waals surface area contributed by atoms with Crippen LogP contribution in [-0.2, 0) is 0 Å². The van der Waals surface area contributed by atoms with Crippen molar-refractivity contribution in [3.63, 3.8) is 0 Å². The predicted molar refractivity (Wildman–Crippen MR) is 62.6 cm³/mol. The van der Waals surface area contributed by atoms with Crippen LogP contribution in [0.1, 0.15) is 35.2 Å². The van der Waals surface area contributed by atoms with Gasteiger partial charge >= 0.3 is 0 Å². The maximum atomic E-state index is 11.0. The summed E-state index contributed by atoms with van der Waals surface area (Å²) in [6.45, 7) is 4.25. The molecule has 0 atom stereocenters. The van der Waals surface area contributed by atoms with Gasteiger partial charge in [0.05, 0.1) is 0 Å². The summed E-state index contributed by atoms with van der Waals surface area (Å²) >= 11 is 0. The van der Waals surface area contributed by atoms with Gasteiger partial charge in [-0.1, -0.05) is 6.07 Å². The molecule has 2 heteroatoms. The molecule has 0 radical (unpaired) electrons. The second-order valence-corrected chi connectivity index (χ2v) is 4.23. The molecule has 0 bridgehead atoms. The molecule has 80 valence electrons. The topological polar surface area (TPSA) is 20.3 Å². The molecule has 0 N–H and O–H groups in total. The molecule has 1 aromatic carbocycles. The molecule has 1 aliphatic heterocycles. The molecule has 2 rings (SSSR count). The number of aryl methyl sites for hydroxylation is 1. The van der Waals surface area contributed by atoms with Gasteiger partial charge in [-0.25, -0.2) is 0 Å². The number of hydrogen-bond acceptors (Lipinski definition) is 2. The third-order valence-corrected chi connectivity index (χ3v) is 3.01. The van der Waals surface area contributed by atoms with E-state index in [9.17, 15) is 4.79 Å². The summed E-state index contributed by atoms with van der Waals surface area (Å²) in [5, 5.41) is 0. The molecule has 1 saturated heterocycles. The molecule has 0 unspecified atom stereocenters. The van der Waals surface area contributed by atoms with E-state index in [0.717, 1.165) is 30.6 Å². The van der Waals surface area contributed by atoms with Crippen molar-refractivity contribution in [1.82, 2.24) is 0 Å². The molecule has 1 heterocycles. The minimum absolute atomic E-state index is 0.822. The van der Waals surface area contributed by atoms with Gasteiger partial charge in [0.25, 0.3) is 0 Å². The van der Waals surface area contributed by atoms with E-state index in [2.05, 4.69) is 17.9 Å². The van der Waals surface area contributed by atoms with E-state index in [-0.39, 0.29) is 0 Å². The molecule has 0 aromatic heterocycles. The van der Waals surface area contributed by atoms with Gasteiger partial charge in [-0.3, -0.25) is 4.79 Å². The molecule has 1 aromatic rings. The van der Waals surface area contributed by atoms with Crippen LogP contribution in [0.2, 0.25) is 0 Å². The number of carbonyl (C=O) groups excluding carboxylic acids is 1. The molecule has 0 amide bonds. The Morgan fingerprint density at radius 2 is 1.93 bits per heavy atom. The van der Waals surface area contributed by atoms with Gasteiger partial charge in [0.2, 0.25) is 0 Å². The van der Waals surface area contributed by atoms with Crippen LogP contribution in [-0.4, -0.2) is 19.4 Å². The molecule has 1 fully saturated rings. The highest BCUT2D eigenvalue weighted by molar-refractivity contribution is 5.84. The molecular formula is C13H17NO. The molecule has 0 saturated carbocycles. The Hall–Kier alpha value is -1.31. The Bertz CT molecular complexity index is 354. The average molecular weight is 203 g/mol. The van der Waals surface area contributed by atoms with Crippen molar-refractivity contribution in [2.75, 3.05) is 18.0 Å². The van der Waals surface area contributed by atoms with Crippen LogP contribution < -0.4 is 4.90 Å². The summed E-state index contributed by atoms with van der Waals surface area (Å²) in [6.07, 6.45) is 4.76. The summed E-state index contributed by atoms with van der Waals surface area (Å²) in [5.74, 6) is 0. The molecule has 2 nitrogen and oxygen atoms in total. The van der Waals surface area contributed by atoms with Crippen LogP contribution in [0.5, 0.6) is 0 Å². The Morgan fingerprint density at radius 3 is 2.60 bits per heavy atom. The fraction of sp³-hybridized carbons (Fsp3) is 0.462. The Labute approximate surface area is 90.9 Å². The average Bonchev–Trinajstić information content (AvgIpc) is 2.30. The lowest BCUT2D eigenvalue weighted by Gasteiger charge is -2.30. The Kier molecular flexibility index (Phi) is 3.05. The van der Waals surface area contributed by atoms with Crippen LogP contribution in [0.25, 0.3) is 0 Å². The van der Waals surface area contributed by atoms with E-state index in [1.165, 1.54) is 24.8 Å². The first-order valence-corrected chi connectivity index (χ1v) is 5.62. The van der Waals surface area contributed by atoms with E-state index in [1.807, 2.05) is 12.1 Å². The minimum Gasteiger partial charge on any atom is -0.371 e. The second kappa shape index (κ2) is 4.47. The fourth-order valence-corrected chi connectivity index (χ4v) is 2.16. The third kappa shape index (κ3) is 2.20. The van der Waals surface area contributed by atoms with E-state index in [1.54, 1.807) is 0 Å². The molecule has 0 aliphatic carbocycles. The molecule has 0 spiro atoms. The smallest absolute Gasteiger partial charge is 0.152 e. The lowest BCUT2D eigenvalue weighted by molar-refractivity contribution is 0.112. The van der Waals surface area contributed by atoms with Crippen molar-refractivity contribution in [3.05, 3.63) is 29.3 Å².